The van der Waals surface area contributed by atoms with Crippen molar-refractivity contribution in [3.05, 3.63) is 72.2 Å². The Hall–Kier alpha value is -3.61. The first-order valence-electron chi connectivity index (χ1n) is 10.2. The number of hydrogen-bond donors (Lipinski definition) is 1. The lowest BCUT2D eigenvalue weighted by atomic mass is 9.98. The fourth-order valence-corrected chi connectivity index (χ4v) is 3.46. The maximum absolute atomic E-state index is 4.62. The summed E-state index contributed by atoms with van der Waals surface area (Å²) in [6.07, 6.45) is 4.10. The molecule has 1 N–H and O–H groups in total. The Labute approximate surface area is 176 Å². The predicted molar refractivity (Wildman–Crippen MR) is 118 cm³/mol. The van der Waals surface area contributed by atoms with E-state index in [0.717, 1.165) is 54.3 Å². The van der Waals surface area contributed by atoms with E-state index in [9.17, 15) is 0 Å². The van der Waals surface area contributed by atoms with Crippen LogP contribution in [0.3, 0.4) is 0 Å². The number of aromatic amines is 1. The standard InChI is InChI=1S/C23H25N7/c1-3-4-15-30(22-13-14-24-17(2)25-22)16-18-9-11-19(12-10-18)20-7-5-6-8-21(20)23-26-28-29-27-23/h5-14H,3-4,15-16H2,1-2H3,(H,26,27,28,29). The van der Waals surface area contributed by atoms with Crippen LogP contribution in [0, 0.1) is 6.92 Å². The monoisotopic (exact) mass is 399 g/mol. The van der Waals surface area contributed by atoms with E-state index in [1.807, 2.05) is 37.4 Å². The lowest BCUT2D eigenvalue weighted by molar-refractivity contribution is 0.704. The summed E-state index contributed by atoms with van der Waals surface area (Å²) in [5.41, 5.74) is 4.40. The first-order chi connectivity index (χ1) is 14.7. The van der Waals surface area contributed by atoms with Crippen molar-refractivity contribution in [1.29, 1.82) is 0 Å². The van der Waals surface area contributed by atoms with Gasteiger partial charge in [-0.25, -0.2) is 9.97 Å². The molecule has 152 valence electrons. The molecule has 0 spiro atoms. The Kier molecular flexibility index (Phi) is 6.08. The molecule has 4 aromatic rings. The van der Waals surface area contributed by atoms with E-state index < -0.39 is 0 Å². The Balaban J connectivity index is 1.57. The highest BCUT2D eigenvalue weighted by Gasteiger charge is 2.12. The normalized spacial score (nSPS) is 10.9. The number of rotatable bonds is 8. The molecule has 2 aromatic carbocycles. The number of nitrogens with one attached hydrogen (secondary N) is 1. The van der Waals surface area contributed by atoms with Crippen LogP contribution in [0.1, 0.15) is 31.2 Å². The van der Waals surface area contributed by atoms with Crippen molar-refractivity contribution in [3.8, 4) is 22.5 Å². The molecular formula is C23H25N7. The zero-order chi connectivity index (χ0) is 20.8. The molecule has 0 aliphatic heterocycles. The third-order valence-corrected chi connectivity index (χ3v) is 5.02. The van der Waals surface area contributed by atoms with Gasteiger partial charge in [0.15, 0.2) is 0 Å². The van der Waals surface area contributed by atoms with Crippen molar-refractivity contribution in [2.45, 2.75) is 33.2 Å². The van der Waals surface area contributed by atoms with Gasteiger partial charge in [0.1, 0.15) is 11.6 Å². The summed E-state index contributed by atoms with van der Waals surface area (Å²) in [7, 11) is 0. The first-order valence-corrected chi connectivity index (χ1v) is 10.2. The zero-order valence-corrected chi connectivity index (χ0v) is 17.3. The maximum atomic E-state index is 4.62. The minimum Gasteiger partial charge on any atom is -0.352 e. The molecule has 30 heavy (non-hydrogen) atoms. The van der Waals surface area contributed by atoms with Crippen molar-refractivity contribution in [3.63, 3.8) is 0 Å². The lowest BCUT2D eigenvalue weighted by Gasteiger charge is -2.24. The summed E-state index contributed by atoms with van der Waals surface area (Å²) in [5.74, 6) is 2.37. The number of benzene rings is 2. The molecule has 2 aromatic heterocycles. The molecule has 0 aliphatic carbocycles. The number of nitrogens with zero attached hydrogens (tertiary/aromatic N) is 6. The third kappa shape index (κ3) is 4.51. The van der Waals surface area contributed by atoms with Crippen LogP contribution in [0.2, 0.25) is 0 Å². The van der Waals surface area contributed by atoms with Crippen molar-refractivity contribution in [1.82, 2.24) is 30.6 Å². The molecule has 2 heterocycles. The van der Waals surface area contributed by atoms with Gasteiger partial charge in [0.25, 0.3) is 0 Å². The average Bonchev–Trinajstić information content (AvgIpc) is 3.32. The van der Waals surface area contributed by atoms with Crippen LogP contribution in [0.4, 0.5) is 5.82 Å². The summed E-state index contributed by atoms with van der Waals surface area (Å²) >= 11 is 0. The Morgan fingerprint density at radius 1 is 0.967 bits per heavy atom. The zero-order valence-electron chi connectivity index (χ0n) is 17.3. The van der Waals surface area contributed by atoms with Gasteiger partial charge in [-0.1, -0.05) is 61.9 Å². The first kappa shape index (κ1) is 19.7. The van der Waals surface area contributed by atoms with Crippen LogP contribution in [0.5, 0.6) is 0 Å². The molecule has 0 atom stereocenters. The van der Waals surface area contributed by atoms with Crippen molar-refractivity contribution >= 4 is 5.82 Å². The molecule has 0 fully saturated rings. The summed E-state index contributed by atoms with van der Waals surface area (Å²) < 4.78 is 0. The highest BCUT2D eigenvalue weighted by molar-refractivity contribution is 5.80. The van der Waals surface area contributed by atoms with Crippen LogP contribution in [0.25, 0.3) is 22.5 Å². The fourth-order valence-electron chi connectivity index (χ4n) is 3.46. The third-order valence-electron chi connectivity index (χ3n) is 5.02. The van der Waals surface area contributed by atoms with Gasteiger partial charge < -0.3 is 4.90 Å². The molecular weight excluding hydrogens is 374 g/mol. The minimum atomic E-state index is 0.597. The highest BCUT2D eigenvalue weighted by Crippen LogP contribution is 2.30. The summed E-state index contributed by atoms with van der Waals surface area (Å²) in [5, 5.41) is 14.5. The van der Waals surface area contributed by atoms with Crippen molar-refractivity contribution < 1.29 is 0 Å². The van der Waals surface area contributed by atoms with Gasteiger partial charge in [-0.15, -0.1) is 10.2 Å². The van der Waals surface area contributed by atoms with Crippen LogP contribution >= 0.6 is 0 Å². The van der Waals surface area contributed by atoms with E-state index in [2.05, 4.69) is 72.7 Å². The minimum absolute atomic E-state index is 0.597. The second kappa shape index (κ2) is 9.26. The fraction of sp³-hybridized carbons (Fsp3) is 0.261. The van der Waals surface area contributed by atoms with E-state index in [0.29, 0.717) is 5.82 Å². The van der Waals surface area contributed by atoms with Crippen molar-refractivity contribution in [2.75, 3.05) is 11.4 Å². The molecule has 0 saturated heterocycles. The topological polar surface area (TPSA) is 83.5 Å². The van der Waals surface area contributed by atoms with Gasteiger partial charge in [-0.2, -0.15) is 5.21 Å². The molecule has 0 amide bonds. The van der Waals surface area contributed by atoms with E-state index in [1.54, 1.807) is 0 Å². The molecule has 7 nitrogen and oxygen atoms in total. The molecule has 7 heteroatoms. The van der Waals surface area contributed by atoms with E-state index in [-0.39, 0.29) is 0 Å². The number of unbranched alkanes of at least 4 members (excludes halogenated alkanes) is 1. The van der Waals surface area contributed by atoms with Gasteiger partial charge in [-0.05, 0) is 41.3 Å². The number of H-pyrrole nitrogens is 1. The molecule has 4 rings (SSSR count). The Bertz CT molecular complexity index is 1070. The summed E-state index contributed by atoms with van der Waals surface area (Å²) in [6.45, 7) is 5.91. The van der Waals surface area contributed by atoms with Gasteiger partial charge in [0.05, 0.1) is 0 Å². The SMILES string of the molecule is CCCCN(Cc1ccc(-c2ccccc2-c2nn[nH]n2)cc1)c1ccnc(C)n1. The molecule has 0 aliphatic rings. The molecule has 0 radical (unpaired) electrons. The number of anilines is 1. The number of aryl methyl sites for hydroxylation is 1. The number of tetrazole rings is 1. The summed E-state index contributed by atoms with van der Waals surface area (Å²) in [4.78, 5) is 11.2. The van der Waals surface area contributed by atoms with Crippen molar-refractivity contribution in [2.24, 2.45) is 0 Å². The average molecular weight is 400 g/mol. The van der Waals surface area contributed by atoms with Crippen LogP contribution in [-0.2, 0) is 6.54 Å². The quantitative estimate of drug-likeness (QED) is 0.472. The van der Waals surface area contributed by atoms with Gasteiger partial charge in [0.2, 0.25) is 5.82 Å². The summed E-state index contributed by atoms with van der Waals surface area (Å²) in [6, 6.07) is 18.7. The number of hydrogen-bond acceptors (Lipinski definition) is 6. The smallest absolute Gasteiger partial charge is 0.205 e. The highest BCUT2D eigenvalue weighted by atomic mass is 15.5. The van der Waals surface area contributed by atoms with E-state index >= 15 is 0 Å². The lowest BCUT2D eigenvalue weighted by Crippen LogP contribution is -2.25. The largest absolute Gasteiger partial charge is 0.352 e. The Morgan fingerprint density at radius 2 is 1.77 bits per heavy atom. The van der Waals surface area contributed by atoms with Gasteiger partial charge >= 0.3 is 0 Å². The van der Waals surface area contributed by atoms with Gasteiger partial charge in [-0.3, -0.25) is 0 Å². The van der Waals surface area contributed by atoms with Crippen LogP contribution in [-0.4, -0.2) is 37.1 Å². The van der Waals surface area contributed by atoms with Crippen LogP contribution in [0.15, 0.2) is 60.8 Å². The molecule has 0 unspecified atom stereocenters. The Morgan fingerprint density at radius 3 is 2.47 bits per heavy atom. The molecule has 0 bridgehead atoms. The van der Waals surface area contributed by atoms with E-state index in [1.165, 1.54) is 5.56 Å². The van der Waals surface area contributed by atoms with E-state index in [4.69, 9.17) is 0 Å². The predicted octanol–water partition coefficient (Wildman–Crippen LogP) is 4.44. The second-order valence-electron chi connectivity index (χ2n) is 7.22. The van der Waals surface area contributed by atoms with Crippen LogP contribution < -0.4 is 4.90 Å². The second-order valence-corrected chi connectivity index (χ2v) is 7.22. The number of aromatic nitrogens is 6. The van der Waals surface area contributed by atoms with Gasteiger partial charge in [0, 0.05) is 24.8 Å². The molecule has 0 saturated carbocycles. The maximum Gasteiger partial charge on any atom is 0.205 e.